The number of nitrogens with zero attached hydrogens (tertiary/aromatic N) is 4. The van der Waals surface area contributed by atoms with Crippen LogP contribution in [0.25, 0.3) is 10.8 Å². The zero-order valence-electron chi connectivity index (χ0n) is 10.7. The molecule has 1 N–H and O–H groups in total. The summed E-state index contributed by atoms with van der Waals surface area (Å²) in [6, 6.07) is 6.61. The molecule has 6 nitrogen and oxygen atoms in total. The Morgan fingerprint density at radius 2 is 2.05 bits per heavy atom. The first-order valence-electron chi connectivity index (χ1n) is 5.93. The summed E-state index contributed by atoms with van der Waals surface area (Å²) in [7, 11) is 0. The number of carboxylic acids is 1. The molecular weight excluding hydrogens is 244 g/mol. The number of hydrogen-bond acceptors (Lipinski definition) is 5. The van der Waals surface area contributed by atoms with Crippen molar-refractivity contribution < 1.29 is 9.90 Å². The number of rotatable bonds is 4. The molecule has 2 rings (SSSR count). The number of aromatic nitrogens is 2. The smallest absolute Gasteiger partial charge is 0.330 e. The number of aliphatic carboxylic acids is 1. The van der Waals surface area contributed by atoms with Crippen LogP contribution in [0.3, 0.4) is 0 Å². The quantitative estimate of drug-likeness (QED) is 0.854. The standard InChI is InChI=1S/C13H14N4O2/c1-8(2)11(13(18)19)15-17-12-10-6-4-3-5-9(10)7-14-16-12/h3-8,11H,1-2H3,(H,18,19). The van der Waals surface area contributed by atoms with Gasteiger partial charge in [-0.3, -0.25) is 0 Å². The Morgan fingerprint density at radius 3 is 2.74 bits per heavy atom. The van der Waals surface area contributed by atoms with Crippen molar-refractivity contribution >= 4 is 22.6 Å². The molecule has 1 aromatic heterocycles. The molecule has 2 aromatic rings. The van der Waals surface area contributed by atoms with Gasteiger partial charge >= 0.3 is 5.97 Å². The molecule has 98 valence electrons. The third-order valence-electron chi connectivity index (χ3n) is 2.71. The maximum absolute atomic E-state index is 11.0. The fourth-order valence-electron chi connectivity index (χ4n) is 1.67. The summed E-state index contributed by atoms with van der Waals surface area (Å²) >= 11 is 0. The van der Waals surface area contributed by atoms with Crippen molar-refractivity contribution in [2.24, 2.45) is 16.1 Å². The van der Waals surface area contributed by atoms with Gasteiger partial charge in [-0.1, -0.05) is 38.1 Å². The number of benzene rings is 1. The molecule has 0 spiro atoms. The Bertz CT molecular complexity index is 620. The Kier molecular flexibility index (Phi) is 3.79. The van der Waals surface area contributed by atoms with Gasteiger partial charge in [-0.2, -0.15) is 10.2 Å². The molecular formula is C13H14N4O2. The average Bonchev–Trinajstić information content (AvgIpc) is 2.38. The van der Waals surface area contributed by atoms with E-state index in [1.807, 2.05) is 24.3 Å². The lowest BCUT2D eigenvalue weighted by molar-refractivity contribution is -0.139. The van der Waals surface area contributed by atoms with Gasteiger partial charge in [-0.05, 0) is 5.92 Å². The molecule has 0 aliphatic heterocycles. The highest BCUT2D eigenvalue weighted by Gasteiger charge is 2.20. The van der Waals surface area contributed by atoms with E-state index in [2.05, 4.69) is 20.4 Å². The summed E-state index contributed by atoms with van der Waals surface area (Å²) in [6.45, 7) is 3.57. The van der Waals surface area contributed by atoms with Gasteiger partial charge < -0.3 is 5.11 Å². The minimum atomic E-state index is -0.994. The molecule has 0 aliphatic carbocycles. The van der Waals surface area contributed by atoms with Gasteiger partial charge in [0.15, 0.2) is 6.04 Å². The van der Waals surface area contributed by atoms with E-state index in [-0.39, 0.29) is 5.92 Å². The summed E-state index contributed by atoms with van der Waals surface area (Å²) < 4.78 is 0. The van der Waals surface area contributed by atoms with Crippen LogP contribution in [0.15, 0.2) is 40.7 Å². The fraction of sp³-hybridized carbons (Fsp3) is 0.308. The van der Waals surface area contributed by atoms with Crippen LogP contribution in [0.4, 0.5) is 5.82 Å². The highest BCUT2D eigenvalue weighted by molar-refractivity contribution is 5.89. The second-order valence-corrected chi connectivity index (χ2v) is 4.50. The van der Waals surface area contributed by atoms with Crippen LogP contribution in [-0.2, 0) is 4.79 Å². The Labute approximate surface area is 110 Å². The molecule has 0 saturated carbocycles. The van der Waals surface area contributed by atoms with E-state index >= 15 is 0 Å². The van der Waals surface area contributed by atoms with Crippen molar-refractivity contribution in [1.29, 1.82) is 0 Å². The van der Waals surface area contributed by atoms with Crippen molar-refractivity contribution in [3.05, 3.63) is 30.5 Å². The van der Waals surface area contributed by atoms with Gasteiger partial charge in [-0.15, -0.1) is 10.2 Å². The van der Waals surface area contributed by atoms with Gasteiger partial charge in [-0.25, -0.2) is 4.79 Å². The van der Waals surface area contributed by atoms with E-state index in [1.54, 1.807) is 20.0 Å². The lowest BCUT2D eigenvalue weighted by Crippen LogP contribution is -2.23. The van der Waals surface area contributed by atoms with Gasteiger partial charge in [0.1, 0.15) is 0 Å². The first-order chi connectivity index (χ1) is 9.09. The SMILES string of the molecule is CC(C)C(N=Nc1nncc2ccccc12)C(=O)O. The number of azo groups is 1. The number of fused-ring (bicyclic) bond motifs is 1. The van der Waals surface area contributed by atoms with Crippen molar-refractivity contribution in [1.82, 2.24) is 10.2 Å². The topological polar surface area (TPSA) is 87.8 Å². The molecule has 0 bridgehead atoms. The van der Waals surface area contributed by atoms with E-state index in [0.29, 0.717) is 5.82 Å². The summed E-state index contributed by atoms with van der Waals surface area (Å²) in [4.78, 5) is 11.0. The Hall–Kier alpha value is -2.37. The van der Waals surface area contributed by atoms with Crippen LogP contribution in [0.1, 0.15) is 13.8 Å². The van der Waals surface area contributed by atoms with Crippen LogP contribution in [-0.4, -0.2) is 27.3 Å². The summed E-state index contributed by atoms with van der Waals surface area (Å²) in [5, 5.41) is 26.3. The van der Waals surface area contributed by atoms with E-state index in [9.17, 15) is 4.79 Å². The van der Waals surface area contributed by atoms with Gasteiger partial charge in [0.25, 0.3) is 0 Å². The summed E-state index contributed by atoms with van der Waals surface area (Å²) in [5.41, 5.74) is 0. The van der Waals surface area contributed by atoms with Crippen molar-refractivity contribution in [3.63, 3.8) is 0 Å². The van der Waals surface area contributed by atoms with E-state index in [0.717, 1.165) is 10.8 Å². The second-order valence-electron chi connectivity index (χ2n) is 4.50. The third kappa shape index (κ3) is 2.90. The molecule has 0 aliphatic rings. The maximum Gasteiger partial charge on any atom is 0.330 e. The molecule has 0 saturated heterocycles. The maximum atomic E-state index is 11.0. The largest absolute Gasteiger partial charge is 0.480 e. The highest BCUT2D eigenvalue weighted by atomic mass is 16.4. The van der Waals surface area contributed by atoms with Crippen LogP contribution in [0, 0.1) is 5.92 Å². The zero-order chi connectivity index (χ0) is 13.8. The van der Waals surface area contributed by atoms with E-state index in [4.69, 9.17) is 5.11 Å². The normalized spacial score (nSPS) is 13.2. The van der Waals surface area contributed by atoms with Crippen LogP contribution < -0.4 is 0 Å². The first-order valence-corrected chi connectivity index (χ1v) is 5.93. The lowest BCUT2D eigenvalue weighted by atomic mass is 10.1. The average molecular weight is 258 g/mol. The molecule has 1 aromatic carbocycles. The van der Waals surface area contributed by atoms with Gasteiger partial charge in [0.2, 0.25) is 5.82 Å². The minimum Gasteiger partial charge on any atom is -0.480 e. The summed E-state index contributed by atoms with van der Waals surface area (Å²) in [5.74, 6) is -0.791. The minimum absolute atomic E-state index is 0.135. The second kappa shape index (κ2) is 5.51. The predicted molar refractivity (Wildman–Crippen MR) is 70.3 cm³/mol. The predicted octanol–water partition coefficient (Wildman–Crippen LogP) is 2.82. The number of carboxylic acid groups (broad SMARTS) is 1. The number of carbonyl (C=O) groups is 1. The Morgan fingerprint density at radius 1 is 1.32 bits per heavy atom. The lowest BCUT2D eigenvalue weighted by Gasteiger charge is -2.09. The van der Waals surface area contributed by atoms with Crippen molar-refractivity contribution in [3.8, 4) is 0 Å². The Balaban J connectivity index is 2.38. The summed E-state index contributed by atoms with van der Waals surface area (Å²) in [6.07, 6.45) is 1.63. The van der Waals surface area contributed by atoms with E-state index < -0.39 is 12.0 Å². The van der Waals surface area contributed by atoms with Crippen LogP contribution in [0.2, 0.25) is 0 Å². The molecule has 0 amide bonds. The van der Waals surface area contributed by atoms with Crippen LogP contribution >= 0.6 is 0 Å². The molecule has 1 heterocycles. The molecule has 1 atom stereocenters. The molecule has 0 fully saturated rings. The zero-order valence-corrected chi connectivity index (χ0v) is 10.7. The third-order valence-corrected chi connectivity index (χ3v) is 2.71. The van der Waals surface area contributed by atoms with Gasteiger partial charge in [0, 0.05) is 10.8 Å². The molecule has 6 heteroatoms. The van der Waals surface area contributed by atoms with Gasteiger partial charge in [0.05, 0.1) is 6.20 Å². The highest BCUT2D eigenvalue weighted by Crippen LogP contribution is 2.22. The molecule has 0 radical (unpaired) electrons. The van der Waals surface area contributed by atoms with E-state index in [1.165, 1.54) is 0 Å². The number of hydrogen-bond donors (Lipinski definition) is 1. The molecule has 1 unspecified atom stereocenters. The van der Waals surface area contributed by atoms with Crippen molar-refractivity contribution in [2.45, 2.75) is 19.9 Å². The molecule has 19 heavy (non-hydrogen) atoms. The fourth-order valence-corrected chi connectivity index (χ4v) is 1.67. The van der Waals surface area contributed by atoms with Crippen LogP contribution in [0.5, 0.6) is 0 Å². The van der Waals surface area contributed by atoms with Crippen molar-refractivity contribution in [2.75, 3.05) is 0 Å². The first kappa shape index (κ1) is 13.1. The monoisotopic (exact) mass is 258 g/mol.